The second kappa shape index (κ2) is 4.97. The molecule has 1 aliphatic carbocycles. The third-order valence-corrected chi connectivity index (χ3v) is 2.47. The summed E-state index contributed by atoms with van der Waals surface area (Å²) in [5.74, 6) is 0.991. The van der Waals surface area contributed by atoms with E-state index in [9.17, 15) is 0 Å². The monoisotopic (exact) mass is 163 g/mol. The van der Waals surface area contributed by atoms with Gasteiger partial charge in [-0.05, 0) is 31.6 Å². The smallest absolute Gasteiger partial charge is 0.00390 e. The van der Waals surface area contributed by atoms with Crippen molar-refractivity contribution in [1.29, 1.82) is 0 Å². The Morgan fingerprint density at radius 3 is 2.10 bits per heavy atom. The Balaban J connectivity index is 0.000000810. The third kappa shape index (κ3) is 2.89. The highest BCUT2D eigenvalue weighted by atomic mass is 35.5. The molecule has 0 aromatic carbocycles. The Morgan fingerprint density at radius 1 is 1.20 bits per heavy atom. The Kier molecular flexibility index (Phi) is 5.10. The van der Waals surface area contributed by atoms with Crippen LogP contribution < -0.4 is 5.73 Å². The first-order valence-corrected chi connectivity index (χ1v) is 4.08. The minimum absolute atomic E-state index is 0. The fraction of sp³-hybridized carbons (Fsp3) is 1.00. The first-order chi connectivity index (χ1) is 4.33. The predicted octanol–water partition coefficient (Wildman–Crippen LogP) is 2.34. The standard InChI is InChI=1S/C8H17N.ClH/c1-2-7-3-5-8(9)6-4-7;/h7-8H,2-6,9H2,1H3;1H/t7-,8-;. The average Bonchev–Trinajstić information content (AvgIpc) is 1.90. The fourth-order valence-electron chi connectivity index (χ4n) is 1.60. The summed E-state index contributed by atoms with van der Waals surface area (Å²) in [6.07, 6.45) is 6.62. The third-order valence-electron chi connectivity index (χ3n) is 2.47. The number of hydrogen-bond acceptors (Lipinski definition) is 1. The van der Waals surface area contributed by atoms with Crippen molar-refractivity contribution in [1.82, 2.24) is 0 Å². The van der Waals surface area contributed by atoms with E-state index in [0.717, 1.165) is 5.92 Å². The Morgan fingerprint density at radius 2 is 1.70 bits per heavy atom. The molecule has 0 aromatic rings. The van der Waals surface area contributed by atoms with Gasteiger partial charge in [-0.3, -0.25) is 0 Å². The molecule has 10 heavy (non-hydrogen) atoms. The molecule has 0 radical (unpaired) electrons. The first-order valence-electron chi connectivity index (χ1n) is 4.08. The van der Waals surface area contributed by atoms with E-state index in [2.05, 4.69) is 6.92 Å². The van der Waals surface area contributed by atoms with Crippen LogP contribution >= 0.6 is 12.4 Å². The SMILES string of the molecule is CC[C@H]1CC[C@H](N)CC1.Cl. The molecule has 1 saturated carbocycles. The van der Waals surface area contributed by atoms with Crippen molar-refractivity contribution < 1.29 is 0 Å². The Bertz CT molecular complexity index is 77.3. The maximum Gasteiger partial charge on any atom is 0.00390 e. The minimum Gasteiger partial charge on any atom is -0.328 e. The summed E-state index contributed by atoms with van der Waals surface area (Å²) in [6.45, 7) is 2.28. The largest absolute Gasteiger partial charge is 0.328 e. The van der Waals surface area contributed by atoms with Gasteiger partial charge < -0.3 is 5.73 Å². The van der Waals surface area contributed by atoms with Gasteiger partial charge in [0.05, 0.1) is 0 Å². The predicted molar refractivity (Wildman–Crippen MR) is 47.5 cm³/mol. The van der Waals surface area contributed by atoms with E-state index in [-0.39, 0.29) is 12.4 Å². The van der Waals surface area contributed by atoms with E-state index in [1.54, 1.807) is 0 Å². The first kappa shape index (κ1) is 10.2. The van der Waals surface area contributed by atoms with Crippen LogP contribution in [0.25, 0.3) is 0 Å². The fourth-order valence-corrected chi connectivity index (χ4v) is 1.60. The molecule has 0 heterocycles. The lowest BCUT2D eigenvalue weighted by atomic mass is 9.85. The quantitative estimate of drug-likeness (QED) is 0.631. The second-order valence-electron chi connectivity index (χ2n) is 3.19. The van der Waals surface area contributed by atoms with Gasteiger partial charge in [0.25, 0.3) is 0 Å². The molecule has 0 bridgehead atoms. The van der Waals surface area contributed by atoms with E-state index in [4.69, 9.17) is 5.73 Å². The summed E-state index contributed by atoms with van der Waals surface area (Å²) in [4.78, 5) is 0. The van der Waals surface area contributed by atoms with Crippen LogP contribution in [0, 0.1) is 5.92 Å². The Hall–Kier alpha value is 0.250. The minimum atomic E-state index is 0. The topological polar surface area (TPSA) is 26.0 Å². The van der Waals surface area contributed by atoms with Crippen molar-refractivity contribution in [3.8, 4) is 0 Å². The number of nitrogens with two attached hydrogens (primary N) is 1. The highest BCUT2D eigenvalue weighted by Crippen LogP contribution is 2.24. The zero-order valence-electron chi connectivity index (χ0n) is 6.68. The van der Waals surface area contributed by atoms with Crippen molar-refractivity contribution in [2.75, 3.05) is 0 Å². The molecule has 0 aromatic heterocycles. The molecule has 0 atom stereocenters. The molecule has 2 heteroatoms. The molecule has 62 valence electrons. The summed E-state index contributed by atoms with van der Waals surface area (Å²) in [5, 5.41) is 0. The van der Waals surface area contributed by atoms with Gasteiger partial charge in [0.1, 0.15) is 0 Å². The lowest BCUT2D eigenvalue weighted by molar-refractivity contribution is 0.319. The van der Waals surface area contributed by atoms with Gasteiger partial charge in [0, 0.05) is 6.04 Å². The van der Waals surface area contributed by atoms with Crippen molar-refractivity contribution in [3.05, 3.63) is 0 Å². The summed E-state index contributed by atoms with van der Waals surface area (Å²) in [6, 6.07) is 0.521. The molecule has 0 saturated heterocycles. The van der Waals surface area contributed by atoms with E-state index in [0.29, 0.717) is 6.04 Å². The molecular weight excluding hydrogens is 146 g/mol. The molecule has 2 N–H and O–H groups in total. The van der Waals surface area contributed by atoms with Crippen LogP contribution in [0.4, 0.5) is 0 Å². The van der Waals surface area contributed by atoms with Crippen molar-refractivity contribution in [2.24, 2.45) is 11.7 Å². The molecule has 1 rings (SSSR count). The van der Waals surface area contributed by atoms with E-state index in [1.165, 1.54) is 32.1 Å². The number of hydrogen-bond donors (Lipinski definition) is 1. The molecular formula is C8H18ClN. The molecule has 1 aliphatic rings. The van der Waals surface area contributed by atoms with Gasteiger partial charge in [0.15, 0.2) is 0 Å². The zero-order chi connectivity index (χ0) is 6.69. The Labute approximate surface area is 69.8 Å². The molecule has 1 nitrogen and oxygen atoms in total. The lowest BCUT2D eigenvalue weighted by Gasteiger charge is -2.24. The van der Waals surface area contributed by atoms with Crippen LogP contribution in [0.5, 0.6) is 0 Å². The van der Waals surface area contributed by atoms with E-state index < -0.39 is 0 Å². The van der Waals surface area contributed by atoms with Gasteiger partial charge in [-0.2, -0.15) is 0 Å². The van der Waals surface area contributed by atoms with Gasteiger partial charge in [-0.15, -0.1) is 12.4 Å². The van der Waals surface area contributed by atoms with Crippen molar-refractivity contribution >= 4 is 12.4 Å². The second-order valence-corrected chi connectivity index (χ2v) is 3.19. The molecule has 1 fully saturated rings. The van der Waals surface area contributed by atoms with Gasteiger partial charge in [-0.25, -0.2) is 0 Å². The lowest BCUT2D eigenvalue weighted by Crippen LogP contribution is -2.26. The molecule has 0 unspecified atom stereocenters. The molecule has 0 aliphatic heterocycles. The highest BCUT2D eigenvalue weighted by molar-refractivity contribution is 5.85. The summed E-state index contributed by atoms with van der Waals surface area (Å²) in [7, 11) is 0. The molecule has 0 amide bonds. The van der Waals surface area contributed by atoms with Gasteiger partial charge in [0.2, 0.25) is 0 Å². The average molecular weight is 164 g/mol. The highest BCUT2D eigenvalue weighted by Gasteiger charge is 2.15. The van der Waals surface area contributed by atoms with Crippen molar-refractivity contribution in [3.63, 3.8) is 0 Å². The maximum absolute atomic E-state index is 5.75. The van der Waals surface area contributed by atoms with Gasteiger partial charge in [-0.1, -0.05) is 13.3 Å². The van der Waals surface area contributed by atoms with E-state index in [1.807, 2.05) is 0 Å². The van der Waals surface area contributed by atoms with Crippen LogP contribution in [-0.2, 0) is 0 Å². The number of rotatable bonds is 1. The van der Waals surface area contributed by atoms with E-state index >= 15 is 0 Å². The van der Waals surface area contributed by atoms with Crippen LogP contribution in [0.1, 0.15) is 39.0 Å². The summed E-state index contributed by atoms with van der Waals surface area (Å²) < 4.78 is 0. The molecule has 0 spiro atoms. The van der Waals surface area contributed by atoms with Gasteiger partial charge >= 0.3 is 0 Å². The summed E-state index contributed by atoms with van der Waals surface area (Å²) in [5.41, 5.74) is 5.75. The number of halogens is 1. The zero-order valence-corrected chi connectivity index (χ0v) is 7.49. The van der Waals surface area contributed by atoms with Crippen LogP contribution in [0.3, 0.4) is 0 Å². The van der Waals surface area contributed by atoms with Crippen LogP contribution in [0.2, 0.25) is 0 Å². The van der Waals surface area contributed by atoms with Crippen molar-refractivity contribution in [2.45, 2.75) is 45.1 Å². The summed E-state index contributed by atoms with van der Waals surface area (Å²) >= 11 is 0. The normalized spacial score (nSPS) is 33.0. The maximum atomic E-state index is 5.75. The van der Waals surface area contributed by atoms with Crippen LogP contribution in [0.15, 0.2) is 0 Å². The van der Waals surface area contributed by atoms with Crippen LogP contribution in [-0.4, -0.2) is 6.04 Å².